The molecule has 0 aliphatic heterocycles. The first-order valence-corrected chi connectivity index (χ1v) is 11.2. The van der Waals surface area contributed by atoms with Crippen LogP contribution in [0.4, 0.5) is 0 Å². The normalized spacial score (nSPS) is 15.7. The molecule has 1 aliphatic carbocycles. The summed E-state index contributed by atoms with van der Waals surface area (Å²) in [7, 11) is 1.58. The number of fused-ring (bicyclic) bond motifs is 1. The van der Waals surface area contributed by atoms with Crippen molar-refractivity contribution in [3.8, 4) is 5.75 Å². The zero-order valence-electron chi connectivity index (χ0n) is 16.4. The number of aliphatic carboxylic acids is 1. The standard InChI is InChI=1S/C21H20N2O5S2/c1-11-22-15-6-5-13(28-2)9-14(15)19(23-11)29-10-16(24)17-7-8-18(30-17)21(27,20(25)26)12-3-4-12/h5-9,12,27H,3-4,10H2,1-2H3,(H,25,26). The lowest BCUT2D eigenvalue weighted by molar-refractivity contribution is -0.162. The number of aliphatic hydroxyl groups is 1. The van der Waals surface area contributed by atoms with Crippen molar-refractivity contribution in [1.82, 2.24) is 9.97 Å². The van der Waals surface area contributed by atoms with Crippen LogP contribution in [0.3, 0.4) is 0 Å². The molecule has 2 aromatic heterocycles. The lowest BCUT2D eigenvalue weighted by Gasteiger charge is -2.21. The number of aryl methyl sites for hydroxylation is 1. The molecule has 1 unspecified atom stereocenters. The molecule has 3 aromatic rings. The summed E-state index contributed by atoms with van der Waals surface area (Å²) in [5, 5.41) is 21.7. The first kappa shape index (κ1) is 20.8. The summed E-state index contributed by atoms with van der Waals surface area (Å²) in [5.41, 5.74) is -1.14. The minimum Gasteiger partial charge on any atom is -0.497 e. The third-order valence-electron chi connectivity index (χ3n) is 5.07. The summed E-state index contributed by atoms with van der Waals surface area (Å²) < 4.78 is 5.28. The molecule has 156 valence electrons. The Labute approximate surface area is 181 Å². The summed E-state index contributed by atoms with van der Waals surface area (Å²) in [5.74, 6) is -0.283. The Morgan fingerprint density at radius 2 is 2.03 bits per heavy atom. The molecule has 2 heterocycles. The van der Waals surface area contributed by atoms with Gasteiger partial charge in [-0.05, 0) is 50.1 Å². The molecule has 0 amide bonds. The molecule has 0 saturated heterocycles. The number of methoxy groups -OCH3 is 1. The maximum atomic E-state index is 12.8. The zero-order valence-corrected chi connectivity index (χ0v) is 18.0. The SMILES string of the molecule is COc1ccc2nc(C)nc(SCC(=O)c3ccc(C(O)(C(=O)O)C4CC4)s3)c2c1. The number of thiophene rings is 1. The number of carboxylic acid groups (broad SMARTS) is 1. The molecule has 1 aromatic carbocycles. The molecule has 0 spiro atoms. The number of hydrogen-bond donors (Lipinski definition) is 2. The molecule has 9 heteroatoms. The molecule has 0 bridgehead atoms. The van der Waals surface area contributed by atoms with E-state index in [0.29, 0.717) is 39.2 Å². The Hall–Kier alpha value is -2.49. The average molecular weight is 445 g/mol. The molecule has 1 fully saturated rings. The number of carbonyl (C=O) groups excluding carboxylic acids is 1. The van der Waals surface area contributed by atoms with E-state index in [0.717, 1.165) is 22.2 Å². The largest absolute Gasteiger partial charge is 0.497 e. The monoisotopic (exact) mass is 444 g/mol. The first-order chi connectivity index (χ1) is 14.3. The van der Waals surface area contributed by atoms with Crippen molar-refractivity contribution >= 4 is 45.8 Å². The zero-order chi connectivity index (χ0) is 21.5. The van der Waals surface area contributed by atoms with Crippen LogP contribution in [0.15, 0.2) is 35.4 Å². The van der Waals surface area contributed by atoms with Gasteiger partial charge in [0.15, 0.2) is 11.4 Å². The van der Waals surface area contributed by atoms with Gasteiger partial charge < -0.3 is 14.9 Å². The number of nitrogens with zero attached hydrogens (tertiary/aromatic N) is 2. The number of ether oxygens (including phenoxy) is 1. The fourth-order valence-electron chi connectivity index (χ4n) is 3.31. The second-order valence-corrected chi connectivity index (χ2v) is 9.23. The number of benzene rings is 1. The highest BCUT2D eigenvalue weighted by molar-refractivity contribution is 8.00. The van der Waals surface area contributed by atoms with E-state index in [1.807, 2.05) is 18.2 Å². The van der Waals surface area contributed by atoms with Gasteiger partial charge in [0.25, 0.3) is 0 Å². The Morgan fingerprint density at radius 3 is 2.70 bits per heavy atom. The van der Waals surface area contributed by atoms with Crippen LogP contribution in [0.1, 0.15) is 33.2 Å². The van der Waals surface area contributed by atoms with E-state index in [9.17, 15) is 19.8 Å². The topological polar surface area (TPSA) is 110 Å². The Morgan fingerprint density at radius 1 is 1.27 bits per heavy atom. The van der Waals surface area contributed by atoms with Gasteiger partial charge in [-0.25, -0.2) is 14.8 Å². The lowest BCUT2D eigenvalue weighted by Crippen LogP contribution is -2.37. The van der Waals surface area contributed by atoms with Crippen molar-refractivity contribution in [3.63, 3.8) is 0 Å². The number of thioether (sulfide) groups is 1. The third-order valence-corrected chi connectivity index (χ3v) is 7.31. The van der Waals surface area contributed by atoms with E-state index >= 15 is 0 Å². The van der Waals surface area contributed by atoms with E-state index < -0.39 is 11.6 Å². The van der Waals surface area contributed by atoms with Gasteiger partial charge in [-0.1, -0.05) is 11.8 Å². The van der Waals surface area contributed by atoms with Crippen LogP contribution in [0.25, 0.3) is 10.9 Å². The van der Waals surface area contributed by atoms with Crippen LogP contribution >= 0.6 is 23.1 Å². The van der Waals surface area contributed by atoms with Gasteiger partial charge in [0.05, 0.1) is 23.3 Å². The third kappa shape index (κ3) is 3.80. The second-order valence-electron chi connectivity index (χ2n) is 7.18. The van der Waals surface area contributed by atoms with Gasteiger partial charge in [0.1, 0.15) is 16.6 Å². The number of rotatable bonds is 8. The average Bonchev–Trinajstić information content (AvgIpc) is 3.47. The minimum atomic E-state index is -1.91. The molecule has 1 aliphatic rings. The van der Waals surface area contributed by atoms with Gasteiger partial charge >= 0.3 is 5.97 Å². The van der Waals surface area contributed by atoms with Crippen molar-refractivity contribution < 1.29 is 24.5 Å². The molecule has 1 saturated carbocycles. The van der Waals surface area contributed by atoms with Crippen molar-refractivity contribution in [1.29, 1.82) is 0 Å². The molecule has 30 heavy (non-hydrogen) atoms. The second kappa shape index (κ2) is 7.98. The van der Waals surface area contributed by atoms with Crippen molar-refractivity contribution in [3.05, 3.63) is 45.9 Å². The van der Waals surface area contributed by atoms with E-state index in [1.165, 1.54) is 11.8 Å². The Bertz CT molecular complexity index is 1140. The van der Waals surface area contributed by atoms with E-state index in [4.69, 9.17) is 4.74 Å². The number of ketones is 1. The summed E-state index contributed by atoms with van der Waals surface area (Å²) in [6, 6.07) is 8.65. The molecule has 2 N–H and O–H groups in total. The smallest absolute Gasteiger partial charge is 0.341 e. The molecule has 4 rings (SSSR count). The predicted octanol–water partition coefficient (Wildman–Crippen LogP) is 3.67. The maximum absolute atomic E-state index is 12.8. The van der Waals surface area contributed by atoms with Crippen LogP contribution in [-0.4, -0.2) is 44.8 Å². The number of hydrogen-bond acceptors (Lipinski definition) is 8. The molecule has 7 nitrogen and oxygen atoms in total. The van der Waals surface area contributed by atoms with E-state index in [2.05, 4.69) is 9.97 Å². The van der Waals surface area contributed by atoms with Gasteiger partial charge in [0.2, 0.25) is 0 Å². The number of carboxylic acids is 1. The number of carbonyl (C=O) groups is 2. The van der Waals surface area contributed by atoms with Crippen LogP contribution in [0.5, 0.6) is 5.75 Å². The first-order valence-electron chi connectivity index (χ1n) is 9.37. The van der Waals surface area contributed by atoms with Crippen LogP contribution < -0.4 is 4.74 Å². The van der Waals surface area contributed by atoms with Crippen molar-refractivity contribution in [2.45, 2.75) is 30.4 Å². The summed E-state index contributed by atoms with van der Waals surface area (Å²) in [4.78, 5) is 34.0. The Kier molecular flexibility index (Phi) is 5.52. The molecule has 1 atom stereocenters. The highest BCUT2D eigenvalue weighted by atomic mass is 32.2. The maximum Gasteiger partial charge on any atom is 0.341 e. The summed E-state index contributed by atoms with van der Waals surface area (Å²) >= 11 is 2.35. The van der Waals surface area contributed by atoms with E-state index in [1.54, 1.807) is 26.2 Å². The highest BCUT2D eigenvalue weighted by Crippen LogP contribution is 2.48. The molecular weight excluding hydrogens is 424 g/mol. The van der Waals surface area contributed by atoms with Gasteiger partial charge in [0, 0.05) is 16.2 Å². The number of aromatic nitrogens is 2. The minimum absolute atomic E-state index is 0.137. The van der Waals surface area contributed by atoms with E-state index in [-0.39, 0.29) is 17.5 Å². The van der Waals surface area contributed by atoms with Gasteiger partial charge in [-0.2, -0.15) is 0 Å². The summed E-state index contributed by atoms with van der Waals surface area (Å²) in [6.07, 6.45) is 1.34. The van der Waals surface area contributed by atoms with Gasteiger partial charge in [-0.3, -0.25) is 4.79 Å². The number of Topliss-reactive ketones (excluding diaryl/α,β-unsaturated/α-hetero) is 1. The van der Waals surface area contributed by atoms with Crippen molar-refractivity contribution in [2.75, 3.05) is 12.9 Å². The Balaban J connectivity index is 1.55. The molecule has 0 radical (unpaired) electrons. The fraction of sp³-hybridized carbons (Fsp3) is 0.333. The lowest BCUT2D eigenvalue weighted by atomic mass is 9.96. The van der Waals surface area contributed by atoms with Crippen LogP contribution in [-0.2, 0) is 10.4 Å². The van der Waals surface area contributed by atoms with Crippen LogP contribution in [0, 0.1) is 12.8 Å². The van der Waals surface area contributed by atoms with Gasteiger partial charge in [-0.15, -0.1) is 11.3 Å². The quantitative estimate of drug-likeness (QED) is 0.308. The fourth-order valence-corrected chi connectivity index (χ4v) is 5.44. The summed E-state index contributed by atoms with van der Waals surface area (Å²) in [6.45, 7) is 1.80. The molecular formula is C21H20N2O5S2. The highest BCUT2D eigenvalue weighted by Gasteiger charge is 2.52. The van der Waals surface area contributed by atoms with Crippen molar-refractivity contribution in [2.24, 2.45) is 5.92 Å². The predicted molar refractivity (Wildman–Crippen MR) is 114 cm³/mol. The van der Waals surface area contributed by atoms with Crippen LogP contribution in [0.2, 0.25) is 0 Å².